The second-order valence-corrected chi connectivity index (χ2v) is 13.4. The standard InChI is InChI=1S/C39H39BrO14/c1-15-12-24(17(3)18(4)26(15)36(45)53-31-21(7)32(50-10)28(35(43)44)33(51-11)22(31)8)52-37(46)27-19(5)20(6)34(29(40)30(27)42)54-38(47)39(48)16(2)13-23(41)14-25(39)49-9/h12-14,42,48H,1-11H3,(H,43,44)/t39-/m1/s1. The first-order valence-corrected chi connectivity index (χ1v) is 17.0. The molecule has 3 aromatic rings. The van der Waals surface area contributed by atoms with Crippen LogP contribution in [0.1, 0.15) is 76.9 Å². The van der Waals surface area contributed by atoms with E-state index in [4.69, 9.17) is 28.4 Å². The molecule has 14 nitrogen and oxygen atoms in total. The molecule has 4 rings (SSSR count). The SMILES string of the molecule is COC1=CC(=O)C=C(C)[C@]1(O)C(=O)Oc1c(C)c(C)c(C(=O)Oc2cc(C)c(C(=O)Oc3c(C)c(OC)c(C(=O)O)c(OC)c3C)c(C)c2C)c(O)c1Br. The summed E-state index contributed by atoms with van der Waals surface area (Å²) in [5.74, 6) is -5.87. The number of carbonyl (C=O) groups excluding carboxylic acids is 4. The number of aliphatic hydroxyl groups is 1. The zero-order valence-corrected chi connectivity index (χ0v) is 33.0. The van der Waals surface area contributed by atoms with Gasteiger partial charge in [-0.05, 0) is 117 Å². The molecule has 0 amide bonds. The van der Waals surface area contributed by atoms with Crippen molar-refractivity contribution in [3.8, 4) is 34.5 Å². The van der Waals surface area contributed by atoms with Gasteiger partial charge in [0, 0.05) is 17.2 Å². The van der Waals surface area contributed by atoms with Crippen molar-refractivity contribution in [3.05, 3.63) is 89.7 Å². The van der Waals surface area contributed by atoms with Crippen LogP contribution in [0.5, 0.6) is 34.5 Å². The van der Waals surface area contributed by atoms with Crippen molar-refractivity contribution in [1.82, 2.24) is 0 Å². The van der Waals surface area contributed by atoms with Gasteiger partial charge in [0.05, 0.1) is 26.9 Å². The Morgan fingerprint density at radius 3 is 1.70 bits per heavy atom. The highest BCUT2D eigenvalue weighted by molar-refractivity contribution is 9.10. The van der Waals surface area contributed by atoms with Gasteiger partial charge in [0.2, 0.25) is 5.60 Å². The zero-order chi connectivity index (χ0) is 40.7. The number of hydrogen-bond donors (Lipinski definition) is 3. The van der Waals surface area contributed by atoms with E-state index in [9.17, 15) is 39.3 Å². The highest BCUT2D eigenvalue weighted by atomic mass is 79.9. The van der Waals surface area contributed by atoms with E-state index >= 15 is 0 Å². The molecular weight excluding hydrogens is 772 g/mol. The van der Waals surface area contributed by atoms with E-state index in [2.05, 4.69) is 15.9 Å². The largest absolute Gasteiger partial charge is 0.506 e. The molecule has 286 valence electrons. The highest BCUT2D eigenvalue weighted by Crippen LogP contribution is 2.45. The van der Waals surface area contributed by atoms with Crippen LogP contribution >= 0.6 is 15.9 Å². The number of hydrogen-bond acceptors (Lipinski definition) is 13. The maximum Gasteiger partial charge on any atom is 0.356 e. The van der Waals surface area contributed by atoms with E-state index in [-0.39, 0.29) is 83.5 Å². The first-order chi connectivity index (χ1) is 25.2. The molecule has 1 aliphatic carbocycles. The molecule has 1 atom stereocenters. The number of halogens is 1. The lowest BCUT2D eigenvalue weighted by atomic mass is 9.87. The summed E-state index contributed by atoms with van der Waals surface area (Å²) >= 11 is 3.20. The van der Waals surface area contributed by atoms with E-state index in [0.29, 0.717) is 16.7 Å². The molecule has 0 aromatic heterocycles. The number of rotatable bonds is 10. The molecule has 1 aliphatic rings. The van der Waals surface area contributed by atoms with E-state index in [1.807, 2.05) is 0 Å². The van der Waals surface area contributed by atoms with Gasteiger partial charge in [-0.3, -0.25) is 4.79 Å². The number of benzene rings is 3. The summed E-state index contributed by atoms with van der Waals surface area (Å²) in [7, 11) is 3.76. The third kappa shape index (κ3) is 6.80. The average Bonchev–Trinajstić information content (AvgIpc) is 3.10. The van der Waals surface area contributed by atoms with Crippen molar-refractivity contribution in [2.24, 2.45) is 0 Å². The zero-order valence-electron chi connectivity index (χ0n) is 31.4. The van der Waals surface area contributed by atoms with Gasteiger partial charge in [-0.2, -0.15) is 0 Å². The normalized spacial score (nSPS) is 15.2. The van der Waals surface area contributed by atoms with Crippen LogP contribution in [0.4, 0.5) is 0 Å². The number of ketones is 1. The van der Waals surface area contributed by atoms with Crippen LogP contribution in [0, 0.1) is 48.5 Å². The van der Waals surface area contributed by atoms with Gasteiger partial charge in [-0.25, -0.2) is 19.2 Å². The number of ether oxygens (including phenoxy) is 6. The smallest absolute Gasteiger partial charge is 0.356 e. The fourth-order valence-corrected chi connectivity index (χ4v) is 6.87. The molecule has 0 fully saturated rings. The number of allylic oxidation sites excluding steroid dienone is 2. The molecule has 3 aromatic carbocycles. The molecule has 0 unspecified atom stereocenters. The van der Waals surface area contributed by atoms with Crippen LogP contribution in [0.2, 0.25) is 0 Å². The number of phenolic OH excluding ortho intramolecular Hbond substituents is 1. The van der Waals surface area contributed by atoms with Crippen LogP contribution in [0.3, 0.4) is 0 Å². The van der Waals surface area contributed by atoms with Crippen molar-refractivity contribution in [2.75, 3.05) is 21.3 Å². The van der Waals surface area contributed by atoms with Crippen LogP contribution in [0.25, 0.3) is 0 Å². The molecular formula is C39H39BrO14. The highest BCUT2D eigenvalue weighted by Gasteiger charge is 2.48. The molecule has 0 radical (unpaired) electrons. The Balaban J connectivity index is 1.68. The fraction of sp³-hybridized carbons (Fsp3) is 0.308. The number of carbonyl (C=O) groups is 5. The summed E-state index contributed by atoms with van der Waals surface area (Å²) in [6.07, 6.45) is 2.02. The van der Waals surface area contributed by atoms with E-state index in [1.54, 1.807) is 34.6 Å². The number of aryl methyl sites for hydroxylation is 1. The molecule has 0 spiro atoms. The second-order valence-electron chi connectivity index (χ2n) is 12.6. The summed E-state index contributed by atoms with van der Waals surface area (Å²) in [5.41, 5.74) is -0.672. The second kappa shape index (κ2) is 15.4. The molecule has 0 heterocycles. The average molecular weight is 812 g/mol. The number of phenols is 1. The topological polar surface area (TPSA) is 201 Å². The molecule has 0 saturated carbocycles. The Morgan fingerprint density at radius 1 is 0.648 bits per heavy atom. The monoisotopic (exact) mass is 810 g/mol. The van der Waals surface area contributed by atoms with Gasteiger partial charge in [0.1, 0.15) is 50.1 Å². The molecule has 3 N–H and O–H groups in total. The molecule has 0 bridgehead atoms. The predicted octanol–water partition coefficient (Wildman–Crippen LogP) is 6.16. The van der Waals surface area contributed by atoms with Crippen LogP contribution < -0.4 is 23.7 Å². The minimum absolute atomic E-state index is 0.0323. The van der Waals surface area contributed by atoms with Crippen molar-refractivity contribution in [2.45, 2.75) is 61.0 Å². The summed E-state index contributed by atoms with van der Waals surface area (Å²) in [6, 6.07) is 1.46. The van der Waals surface area contributed by atoms with Gasteiger partial charge < -0.3 is 43.7 Å². The van der Waals surface area contributed by atoms with E-state index in [1.165, 1.54) is 48.2 Å². The Labute approximate surface area is 319 Å². The van der Waals surface area contributed by atoms with Gasteiger partial charge >= 0.3 is 23.9 Å². The number of esters is 3. The first kappa shape index (κ1) is 41.1. The van der Waals surface area contributed by atoms with Gasteiger partial charge in [0.25, 0.3) is 0 Å². The summed E-state index contributed by atoms with van der Waals surface area (Å²) in [6.45, 7) is 12.3. The van der Waals surface area contributed by atoms with Gasteiger partial charge in [-0.15, -0.1) is 0 Å². The van der Waals surface area contributed by atoms with Crippen LogP contribution in [0.15, 0.2) is 34.0 Å². The van der Waals surface area contributed by atoms with Gasteiger partial charge in [0.15, 0.2) is 11.5 Å². The van der Waals surface area contributed by atoms with Crippen molar-refractivity contribution >= 4 is 45.6 Å². The van der Waals surface area contributed by atoms with Crippen molar-refractivity contribution in [1.29, 1.82) is 0 Å². The predicted molar refractivity (Wildman–Crippen MR) is 196 cm³/mol. The Kier molecular flexibility index (Phi) is 11.7. The Bertz CT molecular complexity index is 2170. The minimum atomic E-state index is -2.44. The summed E-state index contributed by atoms with van der Waals surface area (Å²) < 4.78 is 32.8. The van der Waals surface area contributed by atoms with Crippen LogP contribution in [-0.4, -0.2) is 71.9 Å². The Hall–Kier alpha value is -5.67. The molecule has 54 heavy (non-hydrogen) atoms. The number of carboxylic acids is 1. The number of methoxy groups -OCH3 is 3. The Morgan fingerprint density at radius 2 is 1.19 bits per heavy atom. The first-order valence-electron chi connectivity index (χ1n) is 16.2. The fourth-order valence-electron chi connectivity index (χ4n) is 6.29. The number of aromatic hydroxyl groups is 1. The maximum absolute atomic E-state index is 13.7. The van der Waals surface area contributed by atoms with E-state index in [0.717, 1.165) is 12.2 Å². The number of carboxylic acid groups (broad SMARTS) is 1. The quantitative estimate of drug-likeness (QED) is 0.155. The molecule has 15 heteroatoms. The molecule has 0 aliphatic heterocycles. The summed E-state index contributed by atoms with van der Waals surface area (Å²) in [5, 5.41) is 32.3. The van der Waals surface area contributed by atoms with Crippen LogP contribution in [-0.2, 0) is 14.3 Å². The maximum atomic E-state index is 13.7. The number of aromatic carboxylic acids is 1. The van der Waals surface area contributed by atoms with Crippen molar-refractivity contribution < 1.29 is 67.7 Å². The summed E-state index contributed by atoms with van der Waals surface area (Å²) in [4.78, 5) is 64.7. The lowest BCUT2D eigenvalue weighted by Crippen LogP contribution is -2.47. The van der Waals surface area contributed by atoms with Crippen molar-refractivity contribution in [3.63, 3.8) is 0 Å². The van der Waals surface area contributed by atoms with Gasteiger partial charge in [-0.1, -0.05) is 0 Å². The minimum Gasteiger partial charge on any atom is -0.506 e. The van der Waals surface area contributed by atoms with E-state index < -0.39 is 41.0 Å². The third-order valence-electron chi connectivity index (χ3n) is 9.48. The lowest BCUT2D eigenvalue weighted by Gasteiger charge is -2.30. The third-order valence-corrected chi connectivity index (χ3v) is 10.2. The molecule has 0 saturated heterocycles. The lowest BCUT2D eigenvalue weighted by molar-refractivity contribution is -0.151.